The molecular formula is C50H39Cl2F3N14O6. The third kappa shape index (κ3) is 9.55. The normalized spacial score (nSPS) is 11.0. The number of nitrogens with one attached hydrogen (secondary N) is 4. The van der Waals surface area contributed by atoms with Gasteiger partial charge in [-0.1, -0.05) is 42.4 Å². The van der Waals surface area contributed by atoms with E-state index in [9.17, 15) is 14.0 Å². The Morgan fingerprint density at radius 1 is 0.640 bits per heavy atom. The monoisotopic (exact) mass is 1060 g/mol. The molecule has 0 saturated carbocycles. The molecule has 2 amide bonds. The van der Waals surface area contributed by atoms with E-state index in [1.807, 2.05) is 6.07 Å². The average molecular weight is 1060 g/mol. The second-order valence-corrected chi connectivity index (χ2v) is 16.5. The lowest BCUT2D eigenvalue weighted by atomic mass is 10.0. The van der Waals surface area contributed by atoms with E-state index in [1.54, 1.807) is 53.2 Å². The first kappa shape index (κ1) is 50.5. The van der Waals surface area contributed by atoms with E-state index in [0.717, 1.165) is 12.1 Å². The summed E-state index contributed by atoms with van der Waals surface area (Å²) in [6.07, 6.45) is 13.4. The van der Waals surface area contributed by atoms with Crippen LogP contribution in [0.2, 0.25) is 10.0 Å². The SMILES string of the molecule is C=CC(=O)Nc1cccc(F)c1Nc1ncc2cc(-c3c(F)c(OC)cc(OC)c3F)c3nccn3c2n1.C=CC(=O)Nc1cn(C)nc1Nc1ncc2cc(-c3c(Cl)c(OC)cc(OC)c3Cl)c3nccn3c2n1. The lowest BCUT2D eigenvalue weighted by Gasteiger charge is -2.16. The molecule has 7 heterocycles. The standard InChI is InChI=1S/C26H19F3N6O3.C24H20Cl2N8O3/c1-4-19(36)32-16-7-5-6-15(27)23(16)33-26-31-12-13-10-14(25-30-8-9-35(25)24(13)34-26)20-21(28)17(37-2)11-18(38-3)22(20)29;1-5-17(35)29-14-11-33(2)32-21(14)30-24-28-10-12-8-13(23-27-6-7-34(23)22(12)31-24)18-19(25)15(36-3)9-16(37-4)20(18)26/h4-12H,1H2,2-3H3,(H,32,36)(H,31,33,34);5-11H,1H2,2-4H3,(H,29,35)(H,28,30,31,32). The number of carbonyl (C=O) groups excluding carboxylic acids is 2. The summed E-state index contributed by atoms with van der Waals surface area (Å²) in [7, 11) is 7.29. The van der Waals surface area contributed by atoms with Crippen LogP contribution in [0.25, 0.3) is 55.6 Å². The molecule has 0 atom stereocenters. The van der Waals surface area contributed by atoms with Crippen molar-refractivity contribution in [3.63, 3.8) is 0 Å². The van der Waals surface area contributed by atoms with Gasteiger partial charge in [0.05, 0.1) is 55.9 Å². The zero-order valence-electron chi connectivity index (χ0n) is 40.0. The maximum atomic E-state index is 15.3. The fourth-order valence-electron chi connectivity index (χ4n) is 7.89. The van der Waals surface area contributed by atoms with Crippen LogP contribution in [0.15, 0.2) is 111 Å². The number of nitrogens with zero attached hydrogens (tertiary/aromatic N) is 10. The lowest BCUT2D eigenvalue weighted by Crippen LogP contribution is -2.11. The number of fused-ring (bicyclic) bond motifs is 6. The van der Waals surface area contributed by atoms with Crippen LogP contribution in [-0.4, -0.2) is 88.7 Å². The number of aromatic nitrogens is 10. The molecule has 0 spiro atoms. The number of hydrogen-bond donors (Lipinski definition) is 4. The largest absolute Gasteiger partial charge is 0.495 e. The first-order valence-corrected chi connectivity index (χ1v) is 22.7. The Labute approximate surface area is 432 Å². The van der Waals surface area contributed by atoms with Gasteiger partial charge in [0.15, 0.2) is 40.2 Å². The van der Waals surface area contributed by atoms with Crippen LogP contribution in [0.1, 0.15) is 0 Å². The van der Waals surface area contributed by atoms with Crippen molar-refractivity contribution < 1.29 is 41.7 Å². The van der Waals surface area contributed by atoms with Crippen LogP contribution in [-0.2, 0) is 16.6 Å². The van der Waals surface area contributed by atoms with Gasteiger partial charge in [-0.25, -0.2) is 33.1 Å². The third-order valence-corrected chi connectivity index (χ3v) is 12.0. The van der Waals surface area contributed by atoms with Gasteiger partial charge in [0, 0.05) is 83.8 Å². The Morgan fingerprint density at radius 2 is 1.13 bits per heavy atom. The van der Waals surface area contributed by atoms with E-state index in [0.29, 0.717) is 71.9 Å². The number of halogens is 5. The van der Waals surface area contributed by atoms with Gasteiger partial charge in [0.2, 0.25) is 23.7 Å². The molecule has 25 heteroatoms. The number of ether oxygens (including phenoxy) is 4. The molecule has 7 aromatic heterocycles. The van der Waals surface area contributed by atoms with Crippen molar-refractivity contribution in [2.24, 2.45) is 7.05 Å². The summed E-state index contributed by atoms with van der Waals surface area (Å²) in [5, 5.41) is 17.1. The highest BCUT2D eigenvalue weighted by atomic mass is 35.5. The summed E-state index contributed by atoms with van der Waals surface area (Å²) < 4.78 is 71.1. The number of benzene rings is 3. The third-order valence-electron chi connectivity index (χ3n) is 11.3. The molecule has 0 aliphatic carbocycles. The molecule has 0 radical (unpaired) electrons. The van der Waals surface area contributed by atoms with E-state index in [4.69, 9.17) is 42.1 Å². The number of amides is 2. The van der Waals surface area contributed by atoms with Crippen molar-refractivity contribution in [1.29, 1.82) is 0 Å². The van der Waals surface area contributed by atoms with Crippen LogP contribution < -0.4 is 40.2 Å². The molecule has 0 aliphatic rings. The number of para-hydroxylation sites is 1. The fraction of sp³-hybridized carbons (Fsp3) is 0.100. The number of aryl methyl sites for hydroxylation is 1. The summed E-state index contributed by atoms with van der Waals surface area (Å²) in [6, 6.07) is 10.2. The highest BCUT2D eigenvalue weighted by molar-refractivity contribution is 6.41. The number of methoxy groups -OCH3 is 4. The molecular weight excluding hydrogens is 1020 g/mol. The van der Waals surface area contributed by atoms with E-state index < -0.39 is 28.9 Å². The fourth-order valence-corrected chi connectivity index (χ4v) is 8.59. The van der Waals surface area contributed by atoms with Gasteiger partial charge in [0.25, 0.3) is 0 Å². The molecule has 0 fully saturated rings. The molecule has 0 aliphatic heterocycles. The number of hydrogen-bond acceptors (Lipinski definition) is 15. The molecule has 10 aromatic rings. The number of imidazole rings is 2. The summed E-state index contributed by atoms with van der Waals surface area (Å²) in [5.74, 6) is -2.36. The summed E-state index contributed by atoms with van der Waals surface area (Å²) >= 11 is 13.4. The van der Waals surface area contributed by atoms with Gasteiger partial charge in [-0.05, 0) is 36.4 Å². The molecule has 0 saturated heterocycles. The van der Waals surface area contributed by atoms with Gasteiger partial charge in [-0.15, -0.1) is 0 Å². The van der Waals surface area contributed by atoms with Crippen LogP contribution in [0.4, 0.5) is 47.9 Å². The Bertz CT molecular complexity index is 3890. The molecule has 20 nitrogen and oxygen atoms in total. The Hall–Kier alpha value is -9.48. The predicted octanol–water partition coefficient (Wildman–Crippen LogP) is 10.1. The van der Waals surface area contributed by atoms with Gasteiger partial charge in [-0.3, -0.25) is 23.1 Å². The van der Waals surface area contributed by atoms with E-state index in [-0.39, 0.29) is 51.9 Å². The van der Waals surface area contributed by atoms with E-state index >= 15 is 8.78 Å². The van der Waals surface area contributed by atoms with Crippen molar-refractivity contribution in [1.82, 2.24) is 48.5 Å². The van der Waals surface area contributed by atoms with Crippen LogP contribution in [0.5, 0.6) is 23.0 Å². The second-order valence-electron chi connectivity index (χ2n) is 15.7. The van der Waals surface area contributed by atoms with Gasteiger partial charge >= 0.3 is 0 Å². The Kier molecular flexibility index (Phi) is 14.1. The van der Waals surface area contributed by atoms with E-state index in [2.05, 4.69) is 69.4 Å². The summed E-state index contributed by atoms with van der Waals surface area (Å²) in [5.41, 5.74) is 3.07. The molecule has 3 aromatic carbocycles. The number of rotatable bonds is 14. The Morgan fingerprint density at radius 3 is 1.65 bits per heavy atom. The number of anilines is 6. The number of carbonyl (C=O) groups is 2. The molecule has 4 N–H and O–H groups in total. The number of pyridine rings is 2. The van der Waals surface area contributed by atoms with Crippen molar-refractivity contribution in [3.05, 3.63) is 139 Å². The first-order chi connectivity index (χ1) is 36.2. The van der Waals surface area contributed by atoms with Gasteiger partial charge in [0.1, 0.15) is 40.0 Å². The van der Waals surface area contributed by atoms with Crippen LogP contribution >= 0.6 is 23.2 Å². The van der Waals surface area contributed by atoms with Crippen molar-refractivity contribution >= 4 is 103 Å². The first-order valence-electron chi connectivity index (χ1n) is 21.9. The van der Waals surface area contributed by atoms with Crippen molar-refractivity contribution in [2.45, 2.75) is 0 Å². The topological polar surface area (TPSA) is 223 Å². The zero-order chi connectivity index (χ0) is 53.2. The quantitative estimate of drug-likeness (QED) is 0.0744. The molecule has 0 bridgehead atoms. The minimum absolute atomic E-state index is 0.000127. The molecule has 380 valence electrons. The summed E-state index contributed by atoms with van der Waals surface area (Å²) in [4.78, 5) is 50.2. The predicted molar refractivity (Wildman–Crippen MR) is 277 cm³/mol. The van der Waals surface area contributed by atoms with Crippen LogP contribution in [0, 0.1) is 17.5 Å². The van der Waals surface area contributed by atoms with E-state index in [1.165, 1.54) is 75.6 Å². The average Bonchev–Trinajstić information content (AvgIpc) is 4.19. The van der Waals surface area contributed by atoms with Gasteiger partial charge in [-0.2, -0.15) is 15.1 Å². The van der Waals surface area contributed by atoms with Gasteiger partial charge < -0.3 is 40.2 Å². The minimum Gasteiger partial charge on any atom is -0.495 e. The van der Waals surface area contributed by atoms with Crippen molar-refractivity contribution in [3.8, 4) is 45.3 Å². The maximum Gasteiger partial charge on any atom is 0.247 e. The molecule has 10 rings (SSSR count). The minimum atomic E-state index is -0.928. The smallest absolute Gasteiger partial charge is 0.247 e. The highest BCUT2D eigenvalue weighted by Gasteiger charge is 2.26. The second kappa shape index (κ2) is 20.9. The lowest BCUT2D eigenvalue weighted by molar-refractivity contribution is -0.112. The van der Waals surface area contributed by atoms with Crippen LogP contribution in [0.3, 0.4) is 0 Å². The zero-order valence-corrected chi connectivity index (χ0v) is 41.5. The van der Waals surface area contributed by atoms with Crippen molar-refractivity contribution in [2.75, 3.05) is 49.7 Å². The maximum absolute atomic E-state index is 15.3. The molecule has 0 unspecified atom stereocenters. The highest BCUT2D eigenvalue weighted by Crippen LogP contribution is 2.48. The summed E-state index contributed by atoms with van der Waals surface area (Å²) in [6.45, 7) is 6.86. The Balaban J connectivity index is 0.000000184. The molecule has 75 heavy (non-hydrogen) atoms.